The molecular formula is C13H19N3O2. The van der Waals surface area contributed by atoms with Crippen molar-refractivity contribution in [2.45, 2.75) is 13.3 Å². The molecule has 0 radical (unpaired) electrons. The number of aromatic carboxylic acids is 1. The van der Waals surface area contributed by atoms with Crippen LogP contribution in [0.15, 0.2) is 18.5 Å². The van der Waals surface area contributed by atoms with Gasteiger partial charge in [0.15, 0.2) is 0 Å². The van der Waals surface area contributed by atoms with E-state index < -0.39 is 5.97 Å². The molecule has 5 nitrogen and oxygen atoms in total. The number of rotatable bonds is 5. The Morgan fingerprint density at radius 1 is 1.67 bits per heavy atom. The fourth-order valence-corrected chi connectivity index (χ4v) is 2.34. The van der Waals surface area contributed by atoms with Crippen molar-refractivity contribution in [1.29, 1.82) is 0 Å². The Hall–Kier alpha value is -1.62. The van der Waals surface area contributed by atoms with Gasteiger partial charge in [-0.25, -0.2) is 4.79 Å². The van der Waals surface area contributed by atoms with Crippen LogP contribution >= 0.6 is 0 Å². The molecule has 18 heavy (non-hydrogen) atoms. The summed E-state index contributed by atoms with van der Waals surface area (Å²) >= 11 is 0. The van der Waals surface area contributed by atoms with Crippen LogP contribution in [0.4, 0.5) is 5.69 Å². The van der Waals surface area contributed by atoms with Gasteiger partial charge in [0, 0.05) is 25.5 Å². The van der Waals surface area contributed by atoms with Crippen LogP contribution in [0.3, 0.4) is 0 Å². The molecule has 0 saturated carbocycles. The van der Waals surface area contributed by atoms with Crippen molar-refractivity contribution < 1.29 is 9.90 Å². The molecule has 1 saturated heterocycles. The molecule has 0 aromatic carbocycles. The maximum absolute atomic E-state index is 11.0. The van der Waals surface area contributed by atoms with Crippen LogP contribution in [0.2, 0.25) is 0 Å². The number of anilines is 1. The highest BCUT2D eigenvalue weighted by atomic mass is 16.4. The van der Waals surface area contributed by atoms with Gasteiger partial charge in [0.1, 0.15) is 5.56 Å². The third-order valence-corrected chi connectivity index (χ3v) is 3.45. The van der Waals surface area contributed by atoms with Gasteiger partial charge < -0.3 is 15.3 Å². The maximum atomic E-state index is 11.0. The van der Waals surface area contributed by atoms with Crippen LogP contribution in [-0.2, 0) is 0 Å². The van der Waals surface area contributed by atoms with Crippen LogP contribution in [0, 0.1) is 5.92 Å². The Labute approximate surface area is 107 Å². The van der Waals surface area contributed by atoms with Crippen molar-refractivity contribution in [3.63, 3.8) is 0 Å². The summed E-state index contributed by atoms with van der Waals surface area (Å²) in [5, 5.41) is 12.3. The van der Waals surface area contributed by atoms with E-state index in [0.717, 1.165) is 26.2 Å². The first-order chi connectivity index (χ1) is 8.70. The van der Waals surface area contributed by atoms with Gasteiger partial charge >= 0.3 is 5.97 Å². The van der Waals surface area contributed by atoms with Gasteiger partial charge in [0.2, 0.25) is 0 Å². The normalized spacial score (nSPS) is 19.9. The standard InChI is InChI=1S/C13H19N3O2/c1-2-16-6-4-10(9-16)7-15-12-3-5-14-8-11(12)13(17)18/h3,5,8,10H,2,4,6-7,9H2,1H3,(H,14,15)(H,17,18). The molecule has 1 fully saturated rings. The molecule has 2 heterocycles. The van der Waals surface area contributed by atoms with Gasteiger partial charge in [-0.3, -0.25) is 4.98 Å². The van der Waals surface area contributed by atoms with Gasteiger partial charge in [-0.1, -0.05) is 6.92 Å². The topological polar surface area (TPSA) is 65.5 Å². The molecule has 0 spiro atoms. The molecule has 0 amide bonds. The summed E-state index contributed by atoms with van der Waals surface area (Å²) in [5.74, 6) is -0.341. The van der Waals surface area contributed by atoms with Gasteiger partial charge in [-0.2, -0.15) is 0 Å². The monoisotopic (exact) mass is 249 g/mol. The molecule has 0 bridgehead atoms. The molecule has 0 aliphatic carbocycles. The SMILES string of the molecule is CCN1CCC(CNc2ccncc2C(=O)O)C1. The van der Waals surface area contributed by atoms with Crippen molar-refractivity contribution in [3.05, 3.63) is 24.0 Å². The Kier molecular flexibility index (Phi) is 4.15. The second-order valence-corrected chi connectivity index (χ2v) is 4.66. The quantitative estimate of drug-likeness (QED) is 0.828. The molecule has 2 N–H and O–H groups in total. The number of nitrogens with one attached hydrogen (secondary N) is 1. The first kappa shape index (κ1) is 12.8. The van der Waals surface area contributed by atoms with E-state index in [9.17, 15) is 4.79 Å². The summed E-state index contributed by atoms with van der Waals surface area (Å²) in [6.45, 7) is 6.32. The molecule has 98 valence electrons. The number of hydrogen-bond acceptors (Lipinski definition) is 4. The molecule has 1 aromatic rings. The number of pyridine rings is 1. The molecule has 1 aliphatic rings. The molecule has 2 rings (SSSR count). The Morgan fingerprint density at radius 2 is 2.50 bits per heavy atom. The highest BCUT2D eigenvalue weighted by molar-refractivity contribution is 5.93. The van der Waals surface area contributed by atoms with E-state index in [1.54, 1.807) is 12.3 Å². The summed E-state index contributed by atoms with van der Waals surface area (Å²) in [6, 6.07) is 1.72. The molecule has 1 aliphatic heterocycles. The van der Waals surface area contributed by atoms with Crippen LogP contribution < -0.4 is 5.32 Å². The lowest BCUT2D eigenvalue weighted by atomic mass is 10.1. The van der Waals surface area contributed by atoms with Gasteiger partial charge in [0.25, 0.3) is 0 Å². The third-order valence-electron chi connectivity index (χ3n) is 3.45. The smallest absolute Gasteiger partial charge is 0.339 e. The molecule has 5 heteroatoms. The first-order valence-electron chi connectivity index (χ1n) is 6.34. The summed E-state index contributed by atoms with van der Waals surface area (Å²) in [6.07, 6.45) is 4.17. The van der Waals surface area contributed by atoms with Gasteiger partial charge in [-0.15, -0.1) is 0 Å². The van der Waals surface area contributed by atoms with Crippen molar-refractivity contribution in [2.24, 2.45) is 5.92 Å². The van der Waals surface area contributed by atoms with E-state index >= 15 is 0 Å². The Bertz CT molecular complexity index is 422. The molecular weight excluding hydrogens is 230 g/mol. The number of hydrogen-bond donors (Lipinski definition) is 2. The molecule has 1 unspecified atom stereocenters. The average molecular weight is 249 g/mol. The van der Waals surface area contributed by atoms with Crippen LogP contribution in [-0.4, -0.2) is 47.1 Å². The van der Waals surface area contributed by atoms with Crippen molar-refractivity contribution in [2.75, 3.05) is 31.5 Å². The fraction of sp³-hybridized carbons (Fsp3) is 0.538. The zero-order chi connectivity index (χ0) is 13.0. The van der Waals surface area contributed by atoms with Crippen LogP contribution in [0.5, 0.6) is 0 Å². The number of carboxylic acid groups (broad SMARTS) is 1. The molecule has 1 aromatic heterocycles. The van der Waals surface area contributed by atoms with Crippen molar-refractivity contribution in [1.82, 2.24) is 9.88 Å². The minimum Gasteiger partial charge on any atom is -0.478 e. The lowest BCUT2D eigenvalue weighted by Crippen LogP contribution is -2.22. The van der Waals surface area contributed by atoms with E-state index in [4.69, 9.17) is 5.11 Å². The predicted molar refractivity (Wildman–Crippen MR) is 69.9 cm³/mol. The lowest BCUT2D eigenvalue weighted by molar-refractivity contribution is 0.0697. The lowest BCUT2D eigenvalue weighted by Gasteiger charge is -2.15. The van der Waals surface area contributed by atoms with Gasteiger partial charge in [-0.05, 0) is 31.5 Å². The van der Waals surface area contributed by atoms with Crippen LogP contribution in [0.25, 0.3) is 0 Å². The predicted octanol–water partition coefficient (Wildman–Crippen LogP) is 1.53. The minimum absolute atomic E-state index is 0.239. The fourth-order valence-electron chi connectivity index (χ4n) is 2.34. The van der Waals surface area contributed by atoms with Crippen molar-refractivity contribution >= 4 is 11.7 Å². The van der Waals surface area contributed by atoms with Crippen LogP contribution in [0.1, 0.15) is 23.7 Å². The van der Waals surface area contributed by atoms with Gasteiger partial charge in [0.05, 0.1) is 5.69 Å². The largest absolute Gasteiger partial charge is 0.478 e. The summed E-state index contributed by atoms with van der Waals surface area (Å²) < 4.78 is 0. The van der Waals surface area contributed by atoms with E-state index in [-0.39, 0.29) is 5.56 Å². The maximum Gasteiger partial charge on any atom is 0.339 e. The first-order valence-corrected chi connectivity index (χ1v) is 6.34. The number of nitrogens with zero attached hydrogens (tertiary/aromatic N) is 2. The second-order valence-electron chi connectivity index (χ2n) is 4.66. The average Bonchev–Trinajstić information content (AvgIpc) is 2.84. The zero-order valence-corrected chi connectivity index (χ0v) is 10.6. The Morgan fingerprint density at radius 3 is 3.17 bits per heavy atom. The number of carbonyl (C=O) groups is 1. The van der Waals surface area contributed by atoms with Crippen molar-refractivity contribution in [3.8, 4) is 0 Å². The number of carboxylic acids is 1. The third kappa shape index (κ3) is 2.98. The minimum atomic E-state index is -0.938. The molecule has 1 atom stereocenters. The number of likely N-dealkylation sites (tertiary alicyclic amines) is 1. The van der Waals surface area contributed by atoms with E-state index in [2.05, 4.69) is 22.1 Å². The second kappa shape index (κ2) is 5.82. The Balaban J connectivity index is 1.92. The highest BCUT2D eigenvalue weighted by Crippen LogP contribution is 2.18. The van der Waals surface area contributed by atoms with E-state index in [1.165, 1.54) is 12.6 Å². The summed E-state index contributed by atoms with van der Waals surface area (Å²) in [5.41, 5.74) is 0.898. The number of aromatic nitrogens is 1. The highest BCUT2D eigenvalue weighted by Gasteiger charge is 2.21. The summed E-state index contributed by atoms with van der Waals surface area (Å²) in [7, 11) is 0. The van der Waals surface area contributed by atoms with E-state index in [1.807, 2.05) is 0 Å². The summed E-state index contributed by atoms with van der Waals surface area (Å²) in [4.78, 5) is 17.3. The van der Waals surface area contributed by atoms with E-state index in [0.29, 0.717) is 11.6 Å². The zero-order valence-electron chi connectivity index (χ0n) is 10.6.